The zero-order valence-electron chi connectivity index (χ0n) is 11.9. The monoisotopic (exact) mass is 298 g/mol. The van der Waals surface area contributed by atoms with Crippen molar-refractivity contribution in [3.63, 3.8) is 0 Å². The summed E-state index contributed by atoms with van der Waals surface area (Å²) in [5, 5.41) is 10.5. The van der Waals surface area contributed by atoms with E-state index in [2.05, 4.69) is 15.6 Å². The third-order valence-electron chi connectivity index (χ3n) is 2.95. The van der Waals surface area contributed by atoms with Crippen molar-refractivity contribution in [2.45, 2.75) is 6.73 Å². The normalized spacial score (nSPS) is 10.6. The van der Waals surface area contributed by atoms with Crippen molar-refractivity contribution in [2.24, 2.45) is 0 Å². The second-order valence-corrected chi connectivity index (χ2v) is 4.58. The second kappa shape index (κ2) is 6.23. The van der Waals surface area contributed by atoms with E-state index in [0.717, 1.165) is 5.56 Å². The van der Waals surface area contributed by atoms with Gasteiger partial charge in [0, 0.05) is 18.7 Å². The Labute approximate surface area is 126 Å². The van der Waals surface area contributed by atoms with Crippen LogP contribution in [0.15, 0.2) is 53.3 Å². The Bertz CT molecular complexity index is 764. The van der Waals surface area contributed by atoms with Gasteiger partial charge in [-0.2, -0.15) is 5.10 Å². The summed E-state index contributed by atoms with van der Waals surface area (Å²) < 4.78 is 11.7. The van der Waals surface area contributed by atoms with Gasteiger partial charge in [0.05, 0.1) is 18.1 Å². The number of amides is 1. The van der Waals surface area contributed by atoms with E-state index < -0.39 is 0 Å². The summed E-state index contributed by atoms with van der Waals surface area (Å²) in [6.07, 6.45) is 3.20. The van der Waals surface area contributed by atoms with E-state index >= 15 is 0 Å². The van der Waals surface area contributed by atoms with Crippen molar-refractivity contribution < 1.29 is 14.1 Å². The van der Waals surface area contributed by atoms with Gasteiger partial charge in [-0.25, -0.2) is 4.68 Å². The highest BCUT2D eigenvalue weighted by Gasteiger charge is 2.14. The molecule has 0 aliphatic carbocycles. The smallest absolute Gasteiger partial charge is 0.277 e. The molecule has 3 aromatic rings. The van der Waals surface area contributed by atoms with Gasteiger partial charge < -0.3 is 14.6 Å². The van der Waals surface area contributed by atoms with Gasteiger partial charge in [0.15, 0.2) is 11.5 Å². The number of carbonyl (C=O) groups is 1. The minimum absolute atomic E-state index is 0.207. The minimum atomic E-state index is -0.358. The van der Waals surface area contributed by atoms with Crippen LogP contribution in [0.25, 0.3) is 11.3 Å². The Morgan fingerprint density at radius 2 is 2.18 bits per heavy atom. The summed E-state index contributed by atoms with van der Waals surface area (Å²) in [5.41, 5.74) is 1.63. The molecule has 0 aliphatic heterocycles. The van der Waals surface area contributed by atoms with Crippen molar-refractivity contribution in [1.29, 1.82) is 0 Å². The minimum Gasteiger partial charge on any atom is -0.362 e. The Morgan fingerprint density at radius 1 is 1.36 bits per heavy atom. The van der Waals surface area contributed by atoms with Crippen LogP contribution in [-0.4, -0.2) is 28.0 Å². The molecule has 0 bridgehead atoms. The van der Waals surface area contributed by atoms with Gasteiger partial charge in [0.1, 0.15) is 6.73 Å². The summed E-state index contributed by atoms with van der Waals surface area (Å²) in [7, 11) is 1.57. The Balaban J connectivity index is 1.71. The Morgan fingerprint density at radius 3 is 2.95 bits per heavy atom. The van der Waals surface area contributed by atoms with Crippen LogP contribution in [0.5, 0.6) is 0 Å². The van der Waals surface area contributed by atoms with Gasteiger partial charge in [-0.15, -0.1) is 0 Å². The molecule has 3 rings (SSSR count). The first-order chi connectivity index (χ1) is 10.8. The highest BCUT2D eigenvalue weighted by atomic mass is 16.5. The van der Waals surface area contributed by atoms with Crippen molar-refractivity contribution in [1.82, 2.24) is 14.9 Å². The summed E-state index contributed by atoms with van der Waals surface area (Å²) in [5.74, 6) is 0.184. The largest absolute Gasteiger partial charge is 0.362 e. The third kappa shape index (κ3) is 3.04. The summed E-state index contributed by atoms with van der Waals surface area (Å²) >= 11 is 0. The van der Waals surface area contributed by atoms with Crippen molar-refractivity contribution in [3.05, 3.63) is 54.5 Å². The third-order valence-corrected chi connectivity index (χ3v) is 2.95. The number of methoxy groups -OCH3 is 1. The van der Waals surface area contributed by atoms with E-state index in [9.17, 15) is 4.79 Å². The maximum Gasteiger partial charge on any atom is 0.277 e. The molecule has 1 aromatic carbocycles. The van der Waals surface area contributed by atoms with Crippen LogP contribution in [-0.2, 0) is 11.5 Å². The fourth-order valence-electron chi connectivity index (χ4n) is 1.95. The molecular formula is C15H14N4O3. The molecule has 2 aromatic heterocycles. The highest BCUT2D eigenvalue weighted by Crippen LogP contribution is 2.20. The van der Waals surface area contributed by atoms with Crippen molar-refractivity contribution in [3.8, 4) is 11.3 Å². The summed E-state index contributed by atoms with van der Waals surface area (Å²) in [6.45, 7) is 0.317. The number of carbonyl (C=O) groups excluding carboxylic acids is 1. The summed E-state index contributed by atoms with van der Waals surface area (Å²) in [4.78, 5) is 12.1. The van der Waals surface area contributed by atoms with E-state index in [4.69, 9.17) is 9.26 Å². The van der Waals surface area contributed by atoms with E-state index in [1.165, 1.54) is 6.20 Å². The molecule has 7 heteroatoms. The standard InChI is InChI=1S/C15H14N4O3/c1-21-10-19-9-12(8-16-19)17-15(20)13-7-14(22-18-13)11-5-3-2-4-6-11/h2-9H,10H2,1H3,(H,17,20). The molecule has 0 unspecified atom stereocenters. The van der Waals surface area contributed by atoms with Gasteiger partial charge in [-0.3, -0.25) is 4.79 Å². The van der Waals surface area contributed by atoms with Crippen LogP contribution in [0.2, 0.25) is 0 Å². The first kappa shape index (κ1) is 14.0. The molecule has 22 heavy (non-hydrogen) atoms. The molecule has 0 radical (unpaired) electrons. The fraction of sp³-hybridized carbons (Fsp3) is 0.133. The fourth-order valence-corrected chi connectivity index (χ4v) is 1.95. The number of anilines is 1. The molecule has 112 valence electrons. The number of aromatic nitrogens is 3. The number of benzene rings is 1. The van der Waals surface area contributed by atoms with Crippen LogP contribution in [0, 0.1) is 0 Å². The maximum atomic E-state index is 12.1. The molecular weight excluding hydrogens is 284 g/mol. The van der Waals surface area contributed by atoms with Crippen LogP contribution >= 0.6 is 0 Å². The van der Waals surface area contributed by atoms with Gasteiger partial charge >= 0.3 is 0 Å². The molecule has 0 saturated heterocycles. The molecule has 7 nitrogen and oxygen atoms in total. The molecule has 0 atom stereocenters. The van der Waals surface area contributed by atoms with E-state index in [-0.39, 0.29) is 11.6 Å². The lowest BCUT2D eigenvalue weighted by molar-refractivity contribution is 0.101. The van der Waals surface area contributed by atoms with Gasteiger partial charge in [0.2, 0.25) is 0 Å². The van der Waals surface area contributed by atoms with Crippen LogP contribution < -0.4 is 5.32 Å². The molecule has 0 aliphatic rings. The predicted octanol–water partition coefficient (Wildman–Crippen LogP) is 2.39. The number of hydrogen-bond donors (Lipinski definition) is 1. The molecule has 0 saturated carbocycles. The lowest BCUT2D eigenvalue weighted by Gasteiger charge is -1.98. The lowest BCUT2D eigenvalue weighted by atomic mass is 10.1. The molecule has 2 heterocycles. The average Bonchev–Trinajstić information content (AvgIpc) is 3.18. The SMILES string of the molecule is COCn1cc(NC(=O)c2cc(-c3ccccc3)on2)cn1. The number of nitrogens with zero attached hydrogens (tertiary/aromatic N) is 3. The molecule has 1 amide bonds. The highest BCUT2D eigenvalue weighted by molar-refractivity contribution is 6.03. The Kier molecular flexibility index (Phi) is 3.97. The zero-order valence-corrected chi connectivity index (χ0v) is 11.9. The first-order valence-electron chi connectivity index (χ1n) is 6.61. The van der Waals surface area contributed by atoms with Crippen LogP contribution in [0.4, 0.5) is 5.69 Å². The molecule has 0 fully saturated rings. The molecule has 1 N–H and O–H groups in total. The quantitative estimate of drug-likeness (QED) is 0.782. The maximum absolute atomic E-state index is 12.1. The van der Waals surface area contributed by atoms with E-state index in [1.54, 1.807) is 24.1 Å². The number of ether oxygens (including phenoxy) is 1. The first-order valence-corrected chi connectivity index (χ1v) is 6.61. The zero-order chi connectivity index (χ0) is 15.4. The van der Waals surface area contributed by atoms with E-state index in [1.807, 2.05) is 30.3 Å². The van der Waals surface area contributed by atoms with Crippen LogP contribution in [0.3, 0.4) is 0 Å². The van der Waals surface area contributed by atoms with Crippen molar-refractivity contribution >= 4 is 11.6 Å². The predicted molar refractivity (Wildman–Crippen MR) is 79.1 cm³/mol. The van der Waals surface area contributed by atoms with Gasteiger partial charge in [0.25, 0.3) is 5.91 Å². The summed E-state index contributed by atoms with van der Waals surface area (Å²) in [6, 6.07) is 11.1. The number of nitrogens with one attached hydrogen (secondary N) is 1. The average molecular weight is 298 g/mol. The second-order valence-electron chi connectivity index (χ2n) is 4.58. The van der Waals surface area contributed by atoms with Crippen molar-refractivity contribution in [2.75, 3.05) is 12.4 Å². The topological polar surface area (TPSA) is 82.2 Å². The number of rotatable bonds is 5. The van der Waals surface area contributed by atoms with Gasteiger partial charge in [-0.1, -0.05) is 35.5 Å². The van der Waals surface area contributed by atoms with Gasteiger partial charge in [-0.05, 0) is 0 Å². The lowest BCUT2D eigenvalue weighted by Crippen LogP contribution is -2.11. The van der Waals surface area contributed by atoms with Crippen LogP contribution in [0.1, 0.15) is 10.5 Å². The van der Waals surface area contributed by atoms with E-state index in [0.29, 0.717) is 18.2 Å². The Hall–Kier alpha value is -2.93. The number of hydrogen-bond acceptors (Lipinski definition) is 5. The molecule has 0 spiro atoms.